The highest BCUT2D eigenvalue weighted by atomic mass is 16.5. The molecule has 0 radical (unpaired) electrons. The minimum Gasteiger partial charge on any atom is -0.379 e. The number of hydrogen-bond acceptors (Lipinski definition) is 4. The van der Waals surface area contributed by atoms with Crippen molar-refractivity contribution in [2.45, 2.75) is 32.4 Å². The highest BCUT2D eigenvalue weighted by molar-refractivity contribution is 4.87. The van der Waals surface area contributed by atoms with E-state index in [9.17, 15) is 0 Å². The largest absolute Gasteiger partial charge is 0.379 e. The van der Waals surface area contributed by atoms with Crippen LogP contribution in [0.1, 0.15) is 20.3 Å². The Kier molecular flexibility index (Phi) is 7.44. The molecule has 0 bridgehead atoms. The Hall–Kier alpha value is -0.420. The number of morpholine rings is 1. The molecule has 1 heterocycles. The van der Waals surface area contributed by atoms with Crippen LogP contribution < -0.4 is 10.6 Å². The Morgan fingerprint density at radius 3 is 3.12 bits per heavy atom. The van der Waals surface area contributed by atoms with Crippen molar-refractivity contribution in [3.63, 3.8) is 0 Å². The summed E-state index contributed by atoms with van der Waals surface area (Å²) in [6, 6.07) is 0.977. The summed E-state index contributed by atoms with van der Waals surface area (Å²) in [5.74, 6) is 0. The Bertz CT molecular complexity index is 215. The monoisotopic (exact) mass is 242 g/mol. The Balaban J connectivity index is 1.96. The van der Waals surface area contributed by atoms with E-state index >= 15 is 0 Å². The van der Waals surface area contributed by atoms with E-state index < -0.39 is 0 Å². The normalized spacial score (nSPS) is 22.4. The van der Waals surface area contributed by atoms with Crippen LogP contribution in [0, 0.1) is 0 Å². The molecule has 1 fully saturated rings. The predicted molar refractivity (Wildman–Crippen MR) is 70.3 cm³/mol. The fourth-order valence-electron chi connectivity index (χ4n) is 1.91. The van der Waals surface area contributed by atoms with Gasteiger partial charge in [0.1, 0.15) is 0 Å². The van der Waals surface area contributed by atoms with Crippen molar-refractivity contribution in [3.05, 3.63) is 12.2 Å². The van der Waals surface area contributed by atoms with Gasteiger partial charge in [-0.1, -0.05) is 12.2 Å². The van der Waals surface area contributed by atoms with Crippen LogP contribution in [0.5, 0.6) is 0 Å². The molecular formula is C13H26N2O2. The first-order chi connectivity index (χ1) is 8.18. The summed E-state index contributed by atoms with van der Waals surface area (Å²) < 4.78 is 10.9. The zero-order chi connectivity index (χ0) is 12.5. The smallest absolute Gasteiger partial charge is 0.0672 e. The second kappa shape index (κ2) is 8.64. The van der Waals surface area contributed by atoms with Crippen molar-refractivity contribution >= 4 is 0 Å². The van der Waals surface area contributed by atoms with Gasteiger partial charge in [-0.3, -0.25) is 0 Å². The van der Waals surface area contributed by atoms with E-state index in [1.165, 1.54) is 0 Å². The average molecular weight is 242 g/mol. The van der Waals surface area contributed by atoms with E-state index in [0.717, 1.165) is 44.9 Å². The minimum absolute atomic E-state index is 0.489. The number of rotatable bonds is 8. The molecule has 1 aliphatic rings. The SMILES string of the molecule is C=C(C)COCCNC(C)CC1COCCN1. The zero-order valence-corrected chi connectivity index (χ0v) is 11.1. The van der Waals surface area contributed by atoms with E-state index in [0.29, 0.717) is 18.7 Å². The van der Waals surface area contributed by atoms with Gasteiger partial charge in [0.25, 0.3) is 0 Å². The minimum atomic E-state index is 0.489. The Labute approximate surface area is 105 Å². The van der Waals surface area contributed by atoms with E-state index in [4.69, 9.17) is 9.47 Å². The lowest BCUT2D eigenvalue weighted by Gasteiger charge is -2.26. The van der Waals surface area contributed by atoms with Gasteiger partial charge in [-0.2, -0.15) is 0 Å². The van der Waals surface area contributed by atoms with Gasteiger partial charge < -0.3 is 20.1 Å². The molecular weight excluding hydrogens is 216 g/mol. The standard InChI is InChI=1S/C13H26N2O2/c1-11(2)9-16-6-4-14-12(3)8-13-10-17-7-5-15-13/h12-15H,1,4-10H2,2-3H3. The van der Waals surface area contributed by atoms with Gasteiger partial charge >= 0.3 is 0 Å². The topological polar surface area (TPSA) is 42.5 Å². The van der Waals surface area contributed by atoms with E-state index in [1.807, 2.05) is 6.92 Å². The number of hydrogen-bond donors (Lipinski definition) is 2. The molecule has 100 valence electrons. The molecule has 0 spiro atoms. The molecule has 1 aliphatic heterocycles. The molecule has 0 aliphatic carbocycles. The lowest BCUT2D eigenvalue weighted by Crippen LogP contribution is -2.45. The molecule has 4 heteroatoms. The fourth-order valence-corrected chi connectivity index (χ4v) is 1.91. The summed E-state index contributed by atoms with van der Waals surface area (Å²) in [6.07, 6.45) is 1.10. The van der Waals surface area contributed by atoms with Crippen LogP contribution in [0.3, 0.4) is 0 Å². The van der Waals surface area contributed by atoms with Crippen molar-refractivity contribution in [3.8, 4) is 0 Å². The number of ether oxygens (including phenoxy) is 2. The van der Waals surface area contributed by atoms with Crippen LogP contribution in [0.25, 0.3) is 0 Å². The van der Waals surface area contributed by atoms with Crippen LogP contribution >= 0.6 is 0 Å². The molecule has 1 saturated heterocycles. The first-order valence-electron chi connectivity index (χ1n) is 6.45. The first-order valence-corrected chi connectivity index (χ1v) is 6.45. The lowest BCUT2D eigenvalue weighted by molar-refractivity contribution is 0.0707. The fraction of sp³-hybridized carbons (Fsp3) is 0.846. The summed E-state index contributed by atoms with van der Waals surface area (Å²) in [4.78, 5) is 0. The summed E-state index contributed by atoms with van der Waals surface area (Å²) in [5.41, 5.74) is 1.07. The summed E-state index contributed by atoms with van der Waals surface area (Å²) in [5, 5.41) is 6.91. The van der Waals surface area contributed by atoms with Gasteiger partial charge in [0.2, 0.25) is 0 Å². The van der Waals surface area contributed by atoms with E-state index in [-0.39, 0.29) is 0 Å². The second-order valence-corrected chi connectivity index (χ2v) is 4.83. The molecule has 0 amide bonds. The van der Waals surface area contributed by atoms with Gasteiger partial charge in [-0.05, 0) is 20.3 Å². The van der Waals surface area contributed by atoms with Gasteiger partial charge in [0.15, 0.2) is 0 Å². The maximum Gasteiger partial charge on any atom is 0.0672 e. The molecule has 2 unspecified atom stereocenters. The quantitative estimate of drug-likeness (QED) is 0.491. The van der Waals surface area contributed by atoms with Crippen molar-refractivity contribution in [2.24, 2.45) is 0 Å². The summed E-state index contributed by atoms with van der Waals surface area (Å²) >= 11 is 0. The zero-order valence-electron chi connectivity index (χ0n) is 11.1. The third-order valence-electron chi connectivity index (χ3n) is 2.72. The molecule has 17 heavy (non-hydrogen) atoms. The van der Waals surface area contributed by atoms with Gasteiger partial charge in [0.05, 0.1) is 26.4 Å². The molecule has 0 saturated carbocycles. The second-order valence-electron chi connectivity index (χ2n) is 4.83. The van der Waals surface area contributed by atoms with Crippen LogP contribution in [-0.2, 0) is 9.47 Å². The third kappa shape index (κ3) is 7.49. The molecule has 2 atom stereocenters. The van der Waals surface area contributed by atoms with Crippen molar-refractivity contribution in [1.29, 1.82) is 0 Å². The molecule has 1 rings (SSSR count). The molecule has 4 nitrogen and oxygen atoms in total. The number of nitrogens with one attached hydrogen (secondary N) is 2. The maximum atomic E-state index is 5.43. The highest BCUT2D eigenvalue weighted by Crippen LogP contribution is 2.02. The summed E-state index contributed by atoms with van der Waals surface area (Å²) in [6.45, 7) is 12.9. The average Bonchev–Trinajstić information content (AvgIpc) is 2.29. The predicted octanol–water partition coefficient (Wildman–Crippen LogP) is 0.936. The van der Waals surface area contributed by atoms with Crippen molar-refractivity contribution in [2.75, 3.05) is 39.5 Å². The maximum absolute atomic E-state index is 5.43. The lowest BCUT2D eigenvalue weighted by atomic mass is 10.1. The van der Waals surface area contributed by atoms with Crippen LogP contribution in [0.2, 0.25) is 0 Å². The third-order valence-corrected chi connectivity index (χ3v) is 2.72. The van der Waals surface area contributed by atoms with E-state index in [1.54, 1.807) is 0 Å². The molecule has 2 N–H and O–H groups in total. The molecule has 0 aromatic heterocycles. The Morgan fingerprint density at radius 2 is 2.47 bits per heavy atom. The van der Waals surface area contributed by atoms with Crippen molar-refractivity contribution < 1.29 is 9.47 Å². The first kappa shape index (κ1) is 14.6. The molecule has 0 aromatic carbocycles. The summed E-state index contributed by atoms with van der Waals surface area (Å²) in [7, 11) is 0. The van der Waals surface area contributed by atoms with Crippen molar-refractivity contribution in [1.82, 2.24) is 10.6 Å². The Morgan fingerprint density at radius 1 is 1.65 bits per heavy atom. The van der Waals surface area contributed by atoms with Crippen LogP contribution in [0.4, 0.5) is 0 Å². The van der Waals surface area contributed by atoms with Gasteiger partial charge in [-0.15, -0.1) is 0 Å². The van der Waals surface area contributed by atoms with Crippen LogP contribution in [-0.4, -0.2) is 51.6 Å². The van der Waals surface area contributed by atoms with Gasteiger partial charge in [0, 0.05) is 25.2 Å². The van der Waals surface area contributed by atoms with E-state index in [2.05, 4.69) is 24.1 Å². The van der Waals surface area contributed by atoms with Gasteiger partial charge in [-0.25, -0.2) is 0 Å². The highest BCUT2D eigenvalue weighted by Gasteiger charge is 2.15. The molecule has 0 aromatic rings. The van der Waals surface area contributed by atoms with Crippen LogP contribution in [0.15, 0.2) is 12.2 Å².